The number of halogens is 1. The summed E-state index contributed by atoms with van der Waals surface area (Å²) in [5, 5.41) is 5.92. The lowest BCUT2D eigenvalue weighted by Crippen LogP contribution is -2.34. The van der Waals surface area contributed by atoms with E-state index in [-0.39, 0.29) is 11.9 Å². The van der Waals surface area contributed by atoms with Gasteiger partial charge in [-0.25, -0.2) is 0 Å². The Morgan fingerprint density at radius 3 is 2.87 bits per heavy atom. The molecule has 1 aromatic carbocycles. The molecule has 1 atom stereocenters. The molecule has 2 heterocycles. The lowest BCUT2D eigenvalue weighted by molar-refractivity contribution is 0.0916. The first kappa shape index (κ1) is 16.2. The second-order valence-electron chi connectivity index (χ2n) is 5.50. The molecule has 0 aliphatic heterocycles. The van der Waals surface area contributed by atoms with Gasteiger partial charge in [0.25, 0.3) is 5.91 Å². The number of hydrogen-bond acceptors (Lipinski definition) is 4. The number of likely N-dealkylation sites (N-methyl/N-ethyl adjacent to an activating group) is 1. The number of nitrogens with one attached hydrogen (secondary N) is 1. The summed E-state index contributed by atoms with van der Waals surface area (Å²) in [6, 6.07) is 11.7. The lowest BCUT2D eigenvalue weighted by Gasteiger charge is -2.23. The van der Waals surface area contributed by atoms with E-state index in [9.17, 15) is 4.79 Å². The van der Waals surface area contributed by atoms with Gasteiger partial charge in [0.1, 0.15) is 5.58 Å². The standard InChI is InChI=1S/C17H17BrN2O2S/c1-20(2)13(16-4-3-7-23-16)10-19-17(21)15-9-11-8-12(18)5-6-14(11)22-15/h3-9,13H,10H2,1-2H3,(H,19,21). The van der Waals surface area contributed by atoms with Gasteiger partial charge in [-0.3, -0.25) is 4.79 Å². The number of fused-ring (bicyclic) bond motifs is 1. The highest BCUT2D eigenvalue weighted by Gasteiger charge is 2.18. The van der Waals surface area contributed by atoms with E-state index in [1.165, 1.54) is 4.88 Å². The van der Waals surface area contributed by atoms with Gasteiger partial charge >= 0.3 is 0 Å². The second-order valence-corrected chi connectivity index (χ2v) is 7.39. The Morgan fingerprint density at radius 1 is 1.35 bits per heavy atom. The van der Waals surface area contributed by atoms with Crippen molar-refractivity contribution in [2.24, 2.45) is 0 Å². The van der Waals surface area contributed by atoms with Crippen molar-refractivity contribution in [3.8, 4) is 0 Å². The molecule has 0 aliphatic carbocycles. The number of rotatable bonds is 5. The smallest absolute Gasteiger partial charge is 0.287 e. The molecule has 0 fully saturated rings. The molecule has 2 aromatic heterocycles. The van der Waals surface area contributed by atoms with E-state index in [0.29, 0.717) is 17.9 Å². The zero-order chi connectivity index (χ0) is 16.4. The van der Waals surface area contributed by atoms with Crippen molar-refractivity contribution in [1.82, 2.24) is 10.2 Å². The van der Waals surface area contributed by atoms with E-state index >= 15 is 0 Å². The molecule has 0 saturated heterocycles. The summed E-state index contributed by atoms with van der Waals surface area (Å²) in [7, 11) is 4.02. The third kappa shape index (κ3) is 3.65. The van der Waals surface area contributed by atoms with Gasteiger partial charge in [0.05, 0.1) is 6.04 Å². The van der Waals surface area contributed by atoms with Crippen LogP contribution >= 0.6 is 27.3 Å². The van der Waals surface area contributed by atoms with Gasteiger partial charge in [-0.05, 0) is 49.8 Å². The van der Waals surface area contributed by atoms with Crippen molar-refractivity contribution in [2.45, 2.75) is 6.04 Å². The first-order chi connectivity index (χ1) is 11.0. The maximum Gasteiger partial charge on any atom is 0.287 e. The monoisotopic (exact) mass is 392 g/mol. The first-order valence-corrected chi connectivity index (χ1v) is 8.89. The SMILES string of the molecule is CN(C)C(CNC(=O)c1cc2cc(Br)ccc2o1)c1cccs1. The number of thiophene rings is 1. The normalized spacial score (nSPS) is 12.7. The molecule has 120 valence electrons. The van der Waals surface area contributed by atoms with Crippen molar-refractivity contribution in [3.05, 3.63) is 56.9 Å². The van der Waals surface area contributed by atoms with Crippen molar-refractivity contribution < 1.29 is 9.21 Å². The highest BCUT2D eigenvalue weighted by molar-refractivity contribution is 9.10. The number of nitrogens with zero attached hydrogens (tertiary/aromatic N) is 1. The average Bonchev–Trinajstić information content (AvgIpc) is 3.15. The van der Waals surface area contributed by atoms with Gasteiger partial charge < -0.3 is 14.6 Å². The molecule has 0 aliphatic rings. The zero-order valence-corrected chi connectivity index (χ0v) is 15.3. The van der Waals surface area contributed by atoms with Gasteiger partial charge in [-0.2, -0.15) is 0 Å². The summed E-state index contributed by atoms with van der Waals surface area (Å²) in [6.45, 7) is 0.535. The number of amides is 1. The summed E-state index contributed by atoms with van der Waals surface area (Å²) in [5.74, 6) is 0.141. The van der Waals surface area contributed by atoms with Gasteiger partial charge in [0.2, 0.25) is 0 Å². The fourth-order valence-corrected chi connectivity index (χ4v) is 3.72. The van der Waals surface area contributed by atoms with Crippen LogP contribution in [0.3, 0.4) is 0 Å². The molecular weight excluding hydrogens is 376 g/mol. The van der Waals surface area contributed by atoms with Crippen LogP contribution in [0, 0.1) is 0 Å². The predicted octanol–water partition coefficient (Wildman–Crippen LogP) is 4.29. The molecule has 3 rings (SSSR count). The lowest BCUT2D eigenvalue weighted by atomic mass is 10.2. The van der Waals surface area contributed by atoms with Crippen LogP contribution in [0.5, 0.6) is 0 Å². The van der Waals surface area contributed by atoms with E-state index in [4.69, 9.17) is 4.42 Å². The molecule has 0 bridgehead atoms. The van der Waals surface area contributed by atoms with Gasteiger partial charge in [-0.15, -0.1) is 11.3 Å². The maximum atomic E-state index is 12.4. The third-order valence-electron chi connectivity index (χ3n) is 3.65. The maximum absolute atomic E-state index is 12.4. The number of hydrogen-bond donors (Lipinski definition) is 1. The predicted molar refractivity (Wildman–Crippen MR) is 97.0 cm³/mol. The summed E-state index contributed by atoms with van der Waals surface area (Å²) in [4.78, 5) is 15.7. The molecule has 0 spiro atoms. The molecule has 1 unspecified atom stereocenters. The van der Waals surface area contributed by atoms with Crippen LogP contribution < -0.4 is 5.32 Å². The van der Waals surface area contributed by atoms with E-state index in [0.717, 1.165) is 9.86 Å². The molecule has 3 aromatic rings. The van der Waals surface area contributed by atoms with E-state index in [1.54, 1.807) is 17.4 Å². The van der Waals surface area contributed by atoms with Crippen molar-refractivity contribution >= 4 is 44.1 Å². The van der Waals surface area contributed by atoms with Crippen LogP contribution in [0.4, 0.5) is 0 Å². The number of benzene rings is 1. The minimum atomic E-state index is -0.194. The van der Waals surface area contributed by atoms with Crippen molar-refractivity contribution in [2.75, 3.05) is 20.6 Å². The molecule has 23 heavy (non-hydrogen) atoms. The molecule has 0 radical (unpaired) electrons. The highest BCUT2D eigenvalue weighted by Crippen LogP contribution is 2.24. The number of carbonyl (C=O) groups excluding carboxylic acids is 1. The van der Waals surface area contributed by atoms with Crippen molar-refractivity contribution in [1.29, 1.82) is 0 Å². The van der Waals surface area contributed by atoms with Crippen LogP contribution in [0.25, 0.3) is 11.0 Å². The highest BCUT2D eigenvalue weighted by atomic mass is 79.9. The summed E-state index contributed by atoms with van der Waals surface area (Å²) >= 11 is 5.11. The topological polar surface area (TPSA) is 45.5 Å². The third-order valence-corrected chi connectivity index (χ3v) is 5.12. The van der Waals surface area contributed by atoms with E-state index in [2.05, 4.69) is 32.2 Å². The molecule has 1 amide bonds. The van der Waals surface area contributed by atoms with Gasteiger partial charge in [0.15, 0.2) is 5.76 Å². The van der Waals surface area contributed by atoms with Crippen molar-refractivity contribution in [3.63, 3.8) is 0 Å². The Morgan fingerprint density at radius 2 is 2.17 bits per heavy atom. The zero-order valence-electron chi connectivity index (χ0n) is 12.9. The average molecular weight is 393 g/mol. The first-order valence-electron chi connectivity index (χ1n) is 7.22. The van der Waals surface area contributed by atoms with Gasteiger partial charge in [-0.1, -0.05) is 22.0 Å². The Labute approximate surface area is 147 Å². The Kier molecular flexibility index (Phi) is 4.84. The van der Waals surface area contributed by atoms with Crippen LogP contribution in [0.2, 0.25) is 0 Å². The fraction of sp³-hybridized carbons (Fsp3) is 0.235. The second kappa shape index (κ2) is 6.86. The number of furan rings is 1. The molecular formula is C17H17BrN2O2S. The Balaban J connectivity index is 1.72. The fourth-order valence-electron chi connectivity index (χ4n) is 2.42. The van der Waals surface area contributed by atoms with Crippen LogP contribution in [0.15, 0.2) is 50.7 Å². The largest absolute Gasteiger partial charge is 0.451 e. The number of carbonyl (C=O) groups is 1. The van der Waals surface area contributed by atoms with E-state index in [1.807, 2.05) is 43.7 Å². The van der Waals surface area contributed by atoms with E-state index < -0.39 is 0 Å². The molecule has 4 nitrogen and oxygen atoms in total. The minimum absolute atomic E-state index is 0.150. The van der Waals surface area contributed by atoms with Crippen LogP contribution in [-0.4, -0.2) is 31.4 Å². The molecule has 6 heteroatoms. The Hall–Kier alpha value is -1.63. The summed E-state index contributed by atoms with van der Waals surface area (Å²) < 4.78 is 6.59. The van der Waals surface area contributed by atoms with Gasteiger partial charge in [0, 0.05) is 21.3 Å². The Bertz CT molecular complexity index is 811. The quantitative estimate of drug-likeness (QED) is 0.704. The minimum Gasteiger partial charge on any atom is -0.451 e. The molecule has 0 saturated carbocycles. The summed E-state index contributed by atoms with van der Waals surface area (Å²) in [6.07, 6.45) is 0. The summed E-state index contributed by atoms with van der Waals surface area (Å²) in [5.41, 5.74) is 0.709. The van der Waals surface area contributed by atoms with Crippen LogP contribution in [-0.2, 0) is 0 Å². The van der Waals surface area contributed by atoms with Crippen LogP contribution in [0.1, 0.15) is 21.5 Å². The molecule has 1 N–H and O–H groups in total.